The number of hydrogen-bond donors (Lipinski definition) is 2. The quantitative estimate of drug-likeness (QED) is 0.839. The van der Waals surface area contributed by atoms with Gasteiger partial charge in [-0.25, -0.2) is 4.79 Å². The number of amides is 2. The topological polar surface area (TPSA) is 44.4 Å². The van der Waals surface area contributed by atoms with Gasteiger partial charge >= 0.3 is 6.03 Å². The van der Waals surface area contributed by atoms with Crippen molar-refractivity contribution in [3.63, 3.8) is 0 Å². The standard InChI is InChI=1S/C18H27N3O/c22-17(20-11-4-8-16-6-2-1-3-7-16)21-13-5-9-18(15-21)10-12-19-14-18/h1-3,6-7,19H,4-5,8-15H2,(H,20,22). The van der Waals surface area contributed by atoms with Gasteiger partial charge in [0, 0.05) is 31.6 Å². The number of nitrogens with one attached hydrogen (secondary N) is 2. The molecule has 2 heterocycles. The predicted molar refractivity (Wildman–Crippen MR) is 88.9 cm³/mol. The molecule has 0 saturated carbocycles. The average molecular weight is 301 g/mol. The first-order chi connectivity index (χ1) is 10.8. The second-order valence-electron chi connectivity index (χ2n) is 6.77. The molecule has 1 spiro atoms. The van der Waals surface area contributed by atoms with Gasteiger partial charge < -0.3 is 15.5 Å². The van der Waals surface area contributed by atoms with Crippen molar-refractivity contribution in [2.75, 3.05) is 32.7 Å². The van der Waals surface area contributed by atoms with Crippen LogP contribution >= 0.6 is 0 Å². The fraction of sp³-hybridized carbons (Fsp3) is 0.611. The van der Waals surface area contributed by atoms with Crippen molar-refractivity contribution in [3.8, 4) is 0 Å². The molecule has 1 aromatic rings. The third kappa shape index (κ3) is 3.80. The molecule has 4 nitrogen and oxygen atoms in total. The van der Waals surface area contributed by atoms with Crippen LogP contribution in [0, 0.1) is 5.41 Å². The number of rotatable bonds is 4. The molecule has 0 bridgehead atoms. The molecular weight excluding hydrogens is 274 g/mol. The zero-order valence-electron chi connectivity index (χ0n) is 13.3. The lowest BCUT2D eigenvalue weighted by Crippen LogP contribution is -2.50. The van der Waals surface area contributed by atoms with Gasteiger partial charge in [-0.05, 0) is 44.2 Å². The second kappa shape index (κ2) is 7.14. The fourth-order valence-electron chi connectivity index (χ4n) is 3.77. The highest BCUT2D eigenvalue weighted by atomic mass is 16.2. The Bertz CT molecular complexity index is 482. The van der Waals surface area contributed by atoms with Crippen molar-refractivity contribution in [1.82, 2.24) is 15.5 Å². The number of piperidine rings is 1. The van der Waals surface area contributed by atoms with Crippen LogP contribution in [0.5, 0.6) is 0 Å². The lowest BCUT2D eigenvalue weighted by molar-refractivity contribution is 0.118. The molecule has 120 valence electrons. The fourth-order valence-corrected chi connectivity index (χ4v) is 3.77. The van der Waals surface area contributed by atoms with Crippen molar-refractivity contribution in [3.05, 3.63) is 35.9 Å². The number of carbonyl (C=O) groups is 1. The van der Waals surface area contributed by atoms with E-state index in [4.69, 9.17) is 0 Å². The van der Waals surface area contributed by atoms with E-state index in [1.165, 1.54) is 18.4 Å². The van der Waals surface area contributed by atoms with Crippen LogP contribution in [0.15, 0.2) is 30.3 Å². The molecule has 4 heteroatoms. The van der Waals surface area contributed by atoms with Crippen LogP contribution < -0.4 is 10.6 Å². The van der Waals surface area contributed by atoms with Gasteiger partial charge in [-0.2, -0.15) is 0 Å². The molecule has 2 fully saturated rings. The van der Waals surface area contributed by atoms with Crippen molar-refractivity contribution in [2.24, 2.45) is 5.41 Å². The lowest BCUT2D eigenvalue weighted by atomic mass is 9.79. The molecule has 2 saturated heterocycles. The molecule has 1 atom stereocenters. The number of hydrogen-bond acceptors (Lipinski definition) is 2. The zero-order valence-corrected chi connectivity index (χ0v) is 13.3. The van der Waals surface area contributed by atoms with Gasteiger partial charge in [0.15, 0.2) is 0 Å². The van der Waals surface area contributed by atoms with E-state index in [-0.39, 0.29) is 6.03 Å². The summed E-state index contributed by atoms with van der Waals surface area (Å²) < 4.78 is 0. The highest BCUT2D eigenvalue weighted by Gasteiger charge is 2.39. The summed E-state index contributed by atoms with van der Waals surface area (Å²) in [5.41, 5.74) is 1.69. The third-order valence-corrected chi connectivity index (χ3v) is 5.04. The molecule has 2 aliphatic rings. The van der Waals surface area contributed by atoms with E-state index < -0.39 is 0 Å². The molecule has 1 aromatic carbocycles. The van der Waals surface area contributed by atoms with Crippen LogP contribution in [0.3, 0.4) is 0 Å². The predicted octanol–water partition coefficient (Wildman–Crippen LogP) is 2.40. The van der Waals surface area contributed by atoms with Crippen LogP contribution in [0.2, 0.25) is 0 Å². The van der Waals surface area contributed by atoms with E-state index in [1.807, 2.05) is 11.0 Å². The van der Waals surface area contributed by atoms with Gasteiger partial charge in [0.2, 0.25) is 0 Å². The van der Waals surface area contributed by atoms with Crippen molar-refractivity contribution in [1.29, 1.82) is 0 Å². The Hall–Kier alpha value is -1.55. The van der Waals surface area contributed by atoms with Crippen molar-refractivity contribution < 1.29 is 4.79 Å². The van der Waals surface area contributed by atoms with E-state index in [0.717, 1.165) is 52.0 Å². The molecule has 22 heavy (non-hydrogen) atoms. The van der Waals surface area contributed by atoms with Gasteiger partial charge in [-0.15, -0.1) is 0 Å². The van der Waals surface area contributed by atoms with Crippen molar-refractivity contribution in [2.45, 2.75) is 32.1 Å². The number of likely N-dealkylation sites (tertiary alicyclic amines) is 1. The summed E-state index contributed by atoms with van der Waals surface area (Å²) in [5, 5.41) is 6.55. The van der Waals surface area contributed by atoms with Gasteiger partial charge in [0.25, 0.3) is 0 Å². The van der Waals surface area contributed by atoms with Gasteiger partial charge in [-0.3, -0.25) is 0 Å². The molecule has 0 aromatic heterocycles. The van der Waals surface area contributed by atoms with Crippen LogP contribution in [-0.2, 0) is 6.42 Å². The highest BCUT2D eigenvalue weighted by molar-refractivity contribution is 5.74. The maximum atomic E-state index is 12.3. The van der Waals surface area contributed by atoms with Gasteiger partial charge in [-0.1, -0.05) is 30.3 Å². The normalized spacial score (nSPS) is 24.6. The Labute approximate surface area is 133 Å². The largest absolute Gasteiger partial charge is 0.338 e. The van der Waals surface area contributed by atoms with Crippen LogP contribution in [0.4, 0.5) is 4.79 Å². The maximum absolute atomic E-state index is 12.3. The summed E-state index contributed by atoms with van der Waals surface area (Å²) >= 11 is 0. The van der Waals surface area contributed by atoms with E-state index in [0.29, 0.717) is 5.41 Å². The molecular formula is C18H27N3O. The van der Waals surface area contributed by atoms with E-state index >= 15 is 0 Å². The van der Waals surface area contributed by atoms with Crippen LogP contribution in [0.1, 0.15) is 31.2 Å². The molecule has 0 radical (unpaired) electrons. The first-order valence-corrected chi connectivity index (χ1v) is 8.55. The maximum Gasteiger partial charge on any atom is 0.317 e. The Morgan fingerprint density at radius 2 is 2.14 bits per heavy atom. The highest BCUT2D eigenvalue weighted by Crippen LogP contribution is 2.35. The summed E-state index contributed by atoms with van der Waals surface area (Å²) in [6.45, 7) is 4.77. The minimum Gasteiger partial charge on any atom is -0.338 e. The second-order valence-corrected chi connectivity index (χ2v) is 6.77. The summed E-state index contributed by atoms with van der Waals surface area (Å²) in [6, 6.07) is 10.6. The Morgan fingerprint density at radius 1 is 1.27 bits per heavy atom. The van der Waals surface area contributed by atoms with Gasteiger partial charge in [0.05, 0.1) is 0 Å². The summed E-state index contributed by atoms with van der Waals surface area (Å²) in [6.07, 6.45) is 5.63. The number of nitrogens with zero attached hydrogens (tertiary/aromatic N) is 1. The summed E-state index contributed by atoms with van der Waals surface area (Å²) in [4.78, 5) is 14.4. The Morgan fingerprint density at radius 3 is 2.91 bits per heavy atom. The minimum atomic E-state index is 0.124. The monoisotopic (exact) mass is 301 g/mol. The summed E-state index contributed by atoms with van der Waals surface area (Å²) in [5.74, 6) is 0. The molecule has 1 unspecified atom stereocenters. The summed E-state index contributed by atoms with van der Waals surface area (Å²) in [7, 11) is 0. The molecule has 2 aliphatic heterocycles. The molecule has 3 rings (SSSR count). The van der Waals surface area contributed by atoms with E-state index in [1.54, 1.807) is 0 Å². The molecule has 2 N–H and O–H groups in total. The Balaban J connectivity index is 1.40. The van der Waals surface area contributed by atoms with Crippen molar-refractivity contribution >= 4 is 6.03 Å². The third-order valence-electron chi connectivity index (χ3n) is 5.04. The average Bonchev–Trinajstić information content (AvgIpc) is 3.00. The molecule has 0 aliphatic carbocycles. The Kier molecular flexibility index (Phi) is 4.98. The number of benzene rings is 1. The van der Waals surface area contributed by atoms with E-state index in [9.17, 15) is 4.79 Å². The number of urea groups is 1. The molecule has 2 amide bonds. The van der Waals surface area contributed by atoms with Gasteiger partial charge in [0.1, 0.15) is 0 Å². The minimum absolute atomic E-state index is 0.124. The van der Waals surface area contributed by atoms with E-state index in [2.05, 4.69) is 34.9 Å². The lowest BCUT2D eigenvalue weighted by Gasteiger charge is -2.39. The first kappa shape index (κ1) is 15.3. The van der Waals surface area contributed by atoms with Crippen LogP contribution in [0.25, 0.3) is 0 Å². The number of carbonyl (C=O) groups excluding carboxylic acids is 1. The van der Waals surface area contributed by atoms with Crippen LogP contribution in [-0.4, -0.2) is 43.7 Å². The zero-order chi connectivity index (χ0) is 15.3. The number of aryl methyl sites for hydroxylation is 1. The first-order valence-electron chi connectivity index (χ1n) is 8.55. The SMILES string of the molecule is O=C(NCCCc1ccccc1)N1CCCC2(CCNC2)C1. The smallest absolute Gasteiger partial charge is 0.317 e.